The van der Waals surface area contributed by atoms with Crippen LogP contribution in [0.25, 0.3) is 0 Å². The van der Waals surface area contributed by atoms with E-state index in [4.69, 9.17) is 16.3 Å². The van der Waals surface area contributed by atoms with Crippen molar-refractivity contribution in [3.05, 3.63) is 34.9 Å². The van der Waals surface area contributed by atoms with E-state index in [1.165, 1.54) is 0 Å². The fourth-order valence-corrected chi connectivity index (χ4v) is 3.66. The lowest BCUT2D eigenvalue weighted by molar-refractivity contribution is -0.122. The molecule has 1 aliphatic rings. The van der Waals surface area contributed by atoms with Crippen LogP contribution in [0.4, 0.5) is 0 Å². The first-order chi connectivity index (χ1) is 11.8. The van der Waals surface area contributed by atoms with Gasteiger partial charge in [-0.2, -0.15) is 0 Å². The first-order valence-corrected chi connectivity index (χ1v) is 9.51. The molecule has 4 nitrogen and oxygen atoms in total. The molecule has 0 saturated carbocycles. The second-order valence-corrected chi connectivity index (χ2v) is 8.23. The number of ether oxygens (including phenoxy) is 1. The second kappa shape index (κ2) is 9.02. The second-order valence-electron chi connectivity index (χ2n) is 7.79. The van der Waals surface area contributed by atoms with Crippen molar-refractivity contribution < 1.29 is 9.53 Å². The van der Waals surface area contributed by atoms with E-state index in [0.29, 0.717) is 18.9 Å². The average molecular weight is 367 g/mol. The van der Waals surface area contributed by atoms with Crippen molar-refractivity contribution in [3.63, 3.8) is 0 Å². The number of hydrogen-bond donors (Lipinski definition) is 1. The van der Waals surface area contributed by atoms with E-state index in [9.17, 15) is 4.79 Å². The average Bonchev–Trinajstić information content (AvgIpc) is 2.58. The molecule has 2 rings (SSSR count). The number of halogens is 1. The zero-order valence-electron chi connectivity index (χ0n) is 15.8. The van der Waals surface area contributed by atoms with Gasteiger partial charge in [-0.05, 0) is 57.9 Å². The van der Waals surface area contributed by atoms with Crippen molar-refractivity contribution in [1.82, 2.24) is 10.2 Å². The van der Waals surface area contributed by atoms with Crippen molar-refractivity contribution in [3.8, 4) is 0 Å². The normalized spacial score (nSPS) is 20.3. The third kappa shape index (κ3) is 5.98. The number of piperidine rings is 1. The maximum atomic E-state index is 11.5. The topological polar surface area (TPSA) is 41.6 Å². The zero-order chi connectivity index (χ0) is 18.4. The molecule has 0 unspecified atom stereocenters. The van der Waals surface area contributed by atoms with Crippen molar-refractivity contribution in [2.45, 2.75) is 51.7 Å². The highest BCUT2D eigenvalue weighted by Gasteiger charge is 2.33. The molecule has 1 heterocycles. The summed E-state index contributed by atoms with van der Waals surface area (Å²) in [7, 11) is 1.65. The number of benzene rings is 1. The number of carbonyl (C=O) groups is 1. The lowest BCUT2D eigenvalue weighted by atomic mass is 9.86. The highest BCUT2D eigenvalue weighted by Crippen LogP contribution is 2.35. The van der Waals surface area contributed by atoms with E-state index in [0.717, 1.165) is 36.5 Å². The van der Waals surface area contributed by atoms with E-state index in [2.05, 4.69) is 37.1 Å². The van der Waals surface area contributed by atoms with Crippen LogP contribution < -0.4 is 5.32 Å². The molecule has 1 N–H and O–H groups in total. The number of hydrogen-bond acceptors (Lipinski definition) is 3. The highest BCUT2D eigenvalue weighted by atomic mass is 35.5. The Kier molecular flexibility index (Phi) is 7.29. The standard InChI is InChI=1S/C20H31ClN2O2/c1-20(2,3)23-11-6-8-16(14-23)19(25-12-10-18(24)22-4)15-7-5-9-17(21)13-15/h5,7,9,13,16,19H,6,8,10-12,14H2,1-4H3,(H,22,24)/t16-,19+/m1/s1. The number of likely N-dealkylation sites (tertiary alicyclic amines) is 1. The maximum Gasteiger partial charge on any atom is 0.222 e. The molecule has 1 saturated heterocycles. The molecule has 1 aliphatic heterocycles. The molecule has 0 aliphatic carbocycles. The fraction of sp³-hybridized carbons (Fsp3) is 0.650. The van der Waals surface area contributed by atoms with Crippen LogP contribution in [0, 0.1) is 5.92 Å². The summed E-state index contributed by atoms with van der Waals surface area (Å²) < 4.78 is 6.21. The van der Waals surface area contributed by atoms with Gasteiger partial charge in [-0.1, -0.05) is 23.7 Å². The van der Waals surface area contributed by atoms with Crippen molar-refractivity contribution in [2.24, 2.45) is 5.92 Å². The van der Waals surface area contributed by atoms with Crippen molar-refractivity contribution in [2.75, 3.05) is 26.7 Å². The van der Waals surface area contributed by atoms with Crippen molar-refractivity contribution in [1.29, 1.82) is 0 Å². The van der Waals surface area contributed by atoms with Gasteiger partial charge < -0.3 is 10.1 Å². The van der Waals surface area contributed by atoms with Crippen LogP contribution in [0.15, 0.2) is 24.3 Å². The lowest BCUT2D eigenvalue weighted by Crippen LogP contribution is -2.48. The molecule has 0 spiro atoms. The lowest BCUT2D eigenvalue weighted by Gasteiger charge is -2.43. The van der Waals surface area contributed by atoms with Gasteiger partial charge in [0.25, 0.3) is 0 Å². The Bertz CT molecular complexity index is 571. The summed E-state index contributed by atoms with van der Waals surface area (Å²) >= 11 is 6.21. The number of nitrogens with one attached hydrogen (secondary N) is 1. The minimum absolute atomic E-state index is 0.00445. The minimum Gasteiger partial charge on any atom is -0.373 e. The Hall–Kier alpha value is -1.10. The number of rotatable bonds is 6. The van der Waals surface area contributed by atoms with E-state index in [1.807, 2.05) is 18.2 Å². The third-order valence-corrected chi connectivity index (χ3v) is 5.15. The number of amides is 1. The van der Waals surface area contributed by atoms with Gasteiger partial charge in [0.15, 0.2) is 0 Å². The van der Waals surface area contributed by atoms with Crippen LogP contribution in [0.3, 0.4) is 0 Å². The molecule has 0 aromatic heterocycles. The summed E-state index contributed by atoms with van der Waals surface area (Å²) in [5.41, 5.74) is 1.25. The summed E-state index contributed by atoms with van der Waals surface area (Å²) in [5, 5.41) is 3.37. The SMILES string of the molecule is CNC(=O)CCO[C@@H](c1cccc(Cl)c1)[C@@H]1CCCN(C(C)(C)C)C1. The zero-order valence-corrected chi connectivity index (χ0v) is 16.6. The Labute approximate surface area is 156 Å². The molecule has 1 aromatic carbocycles. The van der Waals surface area contributed by atoms with Gasteiger partial charge in [0.1, 0.15) is 0 Å². The summed E-state index contributed by atoms with van der Waals surface area (Å²) in [4.78, 5) is 14.1. The molecule has 1 amide bonds. The first-order valence-electron chi connectivity index (χ1n) is 9.14. The first kappa shape index (κ1) is 20.2. The quantitative estimate of drug-likeness (QED) is 0.825. The van der Waals surface area contributed by atoms with Gasteiger partial charge in [-0.25, -0.2) is 0 Å². The van der Waals surface area contributed by atoms with Crippen LogP contribution in [0.1, 0.15) is 51.7 Å². The van der Waals surface area contributed by atoms with Gasteiger partial charge >= 0.3 is 0 Å². The Morgan fingerprint density at radius 1 is 1.44 bits per heavy atom. The molecule has 0 bridgehead atoms. The molecule has 1 fully saturated rings. The Balaban J connectivity index is 2.14. The Morgan fingerprint density at radius 3 is 2.84 bits per heavy atom. The van der Waals surface area contributed by atoms with Crippen LogP contribution >= 0.6 is 11.6 Å². The smallest absolute Gasteiger partial charge is 0.222 e. The van der Waals surface area contributed by atoms with Gasteiger partial charge in [0, 0.05) is 36.5 Å². The molecule has 1 aromatic rings. The van der Waals surface area contributed by atoms with Gasteiger partial charge in [0.2, 0.25) is 5.91 Å². The molecule has 5 heteroatoms. The molecule has 2 atom stereocenters. The summed E-state index contributed by atoms with van der Waals surface area (Å²) in [5.74, 6) is 0.404. The summed E-state index contributed by atoms with van der Waals surface area (Å²) in [6, 6.07) is 7.92. The largest absolute Gasteiger partial charge is 0.373 e. The molecule has 25 heavy (non-hydrogen) atoms. The molecule has 0 radical (unpaired) electrons. The molecular weight excluding hydrogens is 336 g/mol. The molecular formula is C20H31ClN2O2. The maximum absolute atomic E-state index is 11.5. The minimum atomic E-state index is -0.0338. The summed E-state index contributed by atoms with van der Waals surface area (Å²) in [6.45, 7) is 9.33. The van der Waals surface area contributed by atoms with Crippen LogP contribution in [0.2, 0.25) is 5.02 Å². The summed E-state index contributed by atoms with van der Waals surface area (Å²) in [6.07, 6.45) is 2.64. The van der Waals surface area contributed by atoms with Gasteiger partial charge in [-0.15, -0.1) is 0 Å². The predicted molar refractivity (Wildman–Crippen MR) is 103 cm³/mol. The van der Waals surface area contributed by atoms with E-state index in [1.54, 1.807) is 7.05 Å². The predicted octanol–water partition coefficient (Wildman–Crippen LogP) is 4.04. The fourth-order valence-electron chi connectivity index (χ4n) is 3.46. The van der Waals surface area contributed by atoms with E-state index in [-0.39, 0.29) is 17.6 Å². The van der Waals surface area contributed by atoms with Crippen molar-refractivity contribution >= 4 is 17.5 Å². The monoisotopic (exact) mass is 366 g/mol. The Morgan fingerprint density at radius 2 is 2.20 bits per heavy atom. The molecule has 140 valence electrons. The number of carbonyl (C=O) groups excluding carboxylic acids is 1. The highest BCUT2D eigenvalue weighted by molar-refractivity contribution is 6.30. The number of nitrogens with zero attached hydrogens (tertiary/aromatic N) is 1. The van der Waals surface area contributed by atoms with Crippen LogP contribution in [0.5, 0.6) is 0 Å². The van der Waals surface area contributed by atoms with E-state index >= 15 is 0 Å². The van der Waals surface area contributed by atoms with Crippen LogP contribution in [-0.2, 0) is 9.53 Å². The van der Waals surface area contributed by atoms with Crippen LogP contribution in [-0.4, -0.2) is 43.1 Å². The third-order valence-electron chi connectivity index (χ3n) is 4.92. The van der Waals surface area contributed by atoms with E-state index < -0.39 is 0 Å². The van der Waals surface area contributed by atoms with Gasteiger partial charge in [0.05, 0.1) is 12.7 Å². The van der Waals surface area contributed by atoms with Gasteiger partial charge in [-0.3, -0.25) is 9.69 Å².